The van der Waals surface area contributed by atoms with Crippen LogP contribution in [0.1, 0.15) is 52.5 Å². The molecule has 1 heterocycles. The van der Waals surface area contributed by atoms with Crippen molar-refractivity contribution in [3.8, 4) is 11.1 Å². The van der Waals surface area contributed by atoms with Gasteiger partial charge in [-0.15, -0.1) is 0 Å². The number of ketones is 1. The number of carbonyl (C=O) groups is 2. The standard InChI is InChI=1S/C21H21NO2/c1-2-3-7-14-12-22(13-14)21(24)18-11-6-10-17-19(18)15-8-4-5-9-16(15)20(17)23/h4-6,8-11,14H,2-3,7,12-13H2,1H3. The van der Waals surface area contributed by atoms with Crippen molar-refractivity contribution in [1.29, 1.82) is 0 Å². The fourth-order valence-corrected chi connectivity index (χ4v) is 3.84. The number of rotatable bonds is 4. The third-order valence-corrected chi connectivity index (χ3v) is 5.19. The van der Waals surface area contributed by atoms with Crippen LogP contribution in [0.25, 0.3) is 11.1 Å². The van der Waals surface area contributed by atoms with Crippen molar-refractivity contribution >= 4 is 11.7 Å². The van der Waals surface area contributed by atoms with E-state index in [0.717, 1.165) is 24.2 Å². The third kappa shape index (κ3) is 2.27. The van der Waals surface area contributed by atoms with Gasteiger partial charge in [0.2, 0.25) is 0 Å². The van der Waals surface area contributed by atoms with E-state index in [1.807, 2.05) is 47.4 Å². The molecule has 2 aliphatic rings. The molecule has 122 valence electrons. The molecule has 0 bridgehead atoms. The van der Waals surface area contributed by atoms with E-state index >= 15 is 0 Å². The predicted octanol–water partition coefficient (Wildman–Crippen LogP) is 4.16. The van der Waals surface area contributed by atoms with Crippen molar-refractivity contribution in [1.82, 2.24) is 4.90 Å². The summed E-state index contributed by atoms with van der Waals surface area (Å²) in [4.78, 5) is 27.4. The van der Waals surface area contributed by atoms with Crippen molar-refractivity contribution in [2.75, 3.05) is 13.1 Å². The van der Waals surface area contributed by atoms with Gasteiger partial charge in [-0.2, -0.15) is 0 Å². The SMILES string of the molecule is CCCCC1CN(C(=O)c2cccc3c2-c2ccccc2C3=O)C1. The lowest BCUT2D eigenvalue weighted by molar-refractivity contribution is 0.0482. The Morgan fingerprint density at radius 1 is 1.04 bits per heavy atom. The Hall–Kier alpha value is -2.42. The molecule has 1 saturated heterocycles. The monoisotopic (exact) mass is 319 g/mol. The quantitative estimate of drug-likeness (QED) is 0.724. The van der Waals surface area contributed by atoms with Crippen molar-refractivity contribution in [3.63, 3.8) is 0 Å². The zero-order valence-electron chi connectivity index (χ0n) is 13.9. The summed E-state index contributed by atoms with van der Waals surface area (Å²) in [6.45, 7) is 3.89. The Balaban J connectivity index is 1.63. The molecule has 1 aliphatic heterocycles. The fraction of sp³-hybridized carbons (Fsp3) is 0.333. The molecule has 3 nitrogen and oxygen atoms in total. The molecule has 2 aromatic rings. The van der Waals surface area contributed by atoms with Gasteiger partial charge >= 0.3 is 0 Å². The van der Waals surface area contributed by atoms with Gasteiger partial charge in [-0.05, 0) is 24.0 Å². The Morgan fingerprint density at radius 2 is 1.75 bits per heavy atom. The van der Waals surface area contributed by atoms with Crippen molar-refractivity contribution in [3.05, 3.63) is 59.2 Å². The van der Waals surface area contributed by atoms with Crippen LogP contribution in [0.4, 0.5) is 0 Å². The summed E-state index contributed by atoms with van der Waals surface area (Å²) in [5.74, 6) is 0.725. The van der Waals surface area contributed by atoms with Gasteiger partial charge in [0.25, 0.3) is 5.91 Å². The van der Waals surface area contributed by atoms with E-state index in [9.17, 15) is 9.59 Å². The average Bonchev–Trinajstić information content (AvgIpc) is 2.87. The zero-order chi connectivity index (χ0) is 16.7. The number of likely N-dealkylation sites (tertiary alicyclic amines) is 1. The summed E-state index contributed by atoms with van der Waals surface area (Å²) >= 11 is 0. The second kappa shape index (κ2) is 5.90. The maximum absolute atomic E-state index is 12.9. The molecule has 0 aromatic heterocycles. The highest BCUT2D eigenvalue weighted by Crippen LogP contribution is 2.39. The number of hydrogen-bond donors (Lipinski definition) is 0. The number of fused-ring (bicyclic) bond motifs is 3. The first-order chi connectivity index (χ1) is 11.7. The summed E-state index contributed by atoms with van der Waals surface area (Å²) in [5.41, 5.74) is 3.74. The van der Waals surface area contributed by atoms with Gasteiger partial charge in [-0.25, -0.2) is 0 Å². The number of hydrogen-bond acceptors (Lipinski definition) is 2. The summed E-state index contributed by atoms with van der Waals surface area (Å²) < 4.78 is 0. The highest BCUT2D eigenvalue weighted by molar-refractivity contribution is 6.24. The maximum Gasteiger partial charge on any atom is 0.254 e. The van der Waals surface area contributed by atoms with Crippen molar-refractivity contribution < 1.29 is 9.59 Å². The van der Waals surface area contributed by atoms with E-state index in [-0.39, 0.29) is 11.7 Å². The molecule has 0 unspecified atom stereocenters. The molecule has 2 aromatic carbocycles. The minimum atomic E-state index is 0.0275. The molecule has 3 heteroatoms. The van der Waals surface area contributed by atoms with Gasteiger partial charge in [0, 0.05) is 35.3 Å². The first-order valence-electron chi connectivity index (χ1n) is 8.77. The third-order valence-electron chi connectivity index (χ3n) is 5.19. The molecule has 0 radical (unpaired) electrons. The Kier molecular flexibility index (Phi) is 3.72. The van der Waals surface area contributed by atoms with Gasteiger partial charge in [-0.3, -0.25) is 9.59 Å². The van der Waals surface area contributed by atoms with E-state index < -0.39 is 0 Å². The zero-order valence-corrected chi connectivity index (χ0v) is 13.9. The number of amides is 1. The molecule has 1 fully saturated rings. The van der Waals surface area contributed by atoms with Crippen LogP contribution in [0.3, 0.4) is 0 Å². The molecular formula is C21H21NO2. The molecule has 4 rings (SSSR count). The van der Waals surface area contributed by atoms with Crippen LogP contribution in [0.15, 0.2) is 42.5 Å². The second-order valence-electron chi connectivity index (χ2n) is 6.82. The molecule has 1 aliphatic carbocycles. The van der Waals surface area contributed by atoms with Crippen LogP contribution in [0, 0.1) is 5.92 Å². The largest absolute Gasteiger partial charge is 0.338 e. The molecule has 0 spiro atoms. The van der Waals surface area contributed by atoms with Crippen molar-refractivity contribution in [2.24, 2.45) is 5.92 Å². The van der Waals surface area contributed by atoms with Crippen LogP contribution in [-0.4, -0.2) is 29.7 Å². The van der Waals surface area contributed by atoms with Gasteiger partial charge in [-0.1, -0.05) is 56.2 Å². The van der Waals surface area contributed by atoms with E-state index in [1.54, 1.807) is 0 Å². The summed E-state index contributed by atoms with van der Waals surface area (Å²) in [5, 5.41) is 0. The molecule has 0 atom stereocenters. The molecule has 0 N–H and O–H groups in total. The highest BCUT2D eigenvalue weighted by Gasteiger charge is 2.35. The molecule has 0 saturated carbocycles. The molecular weight excluding hydrogens is 298 g/mol. The number of benzene rings is 2. The maximum atomic E-state index is 12.9. The Labute approximate surface area is 142 Å². The predicted molar refractivity (Wildman–Crippen MR) is 94.2 cm³/mol. The lowest BCUT2D eigenvalue weighted by Gasteiger charge is -2.39. The summed E-state index contributed by atoms with van der Waals surface area (Å²) in [7, 11) is 0. The lowest BCUT2D eigenvalue weighted by atomic mass is 9.91. The normalized spacial score (nSPS) is 15.9. The summed E-state index contributed by atoms with van der Waals surface area (Å²) in [6, 6.07) is 13.1. The van der Waals surface area contributed by atoms with Gasteiger partial charge < -0.3 is 4.90 Å². The number of carbonyl (C=O) groups excluding carboxylic acids is 2. The first kappa shape index (κ1) is 15.1. The van der Waals surface area contributed by atoms with Crippen LogP contribution in [-0.2, 0) is 0 Å². The summed E-state index contributed by atoms with van der Waals surface area (Å²) in [6.07, 6.45) is 3.64. The van der Waals surface area contributed by atoms with E-state index in [2.05, 4.69) is 6.92 Å². The van der Waals surface area contributed by atoms with Gasteiger partial charge in [0.05, 0.1) is 0 Å². The van der Waals surface area contributed by atoms with E-state index in [0.29, 0.717) is 22.6 Å². The smallest absolute Gasteiger partial charge is 0.254 e. The minimum absolute atomic E-state index is 0.0275. The highest BCUT2D eigenvalue weighted by atomic mass is 16.2. The first-order valence-corrected chi connectivity index (χ1v) is 8.77. The van der Waals surface area contributed by atoms with Crippen LogP contribution < -0.4 is 0 Å². The topological polar surface area (TPSA) is 37.4 Å². The number of unbranched alkanes of at least 4 members (excludes halogenated alkanes) is 1. The number of nitrogens with zero attached hydrogens (tertiary/aromatic N) is 1. The van der Waals surface area contributed by atoms with E-state index in [1.165, 1.54) is 19.3 Å². The molecule has 24 heavy (non-hydrogen) atoms. The van der Waals surface area contributed by atoms with Gasteiger partial charge in [0.15, 0.2) is 5.78 Å². The van der Waals surface area contributed by atoms with Crippen LogP contribution in [0.2, 0.25) is 0 Å². The average molecular weight is 319 g/mol. The van der Waals surface area contributed by atoms with Crippen LogP contribution in [0.5, 0.6) is 0 Å². The molecule has 1 amide bonds. The van der Waals surface area contributed by atoms with E-state index in [4.69, 9.17) is 0 Å². The second-order valence-corrected chi connectivity index (χ2v) is 6.82. The Bertz CT molecular complexity index is 818. The fourth-order valence-electron chi connectivity index (χ4n) is 3.84. The van der Waals surface area contributed by atoms with Crippen molar-refractivity contribution in [2.45, 2.75) is 26.2 Å². The van der Waals surface area contributed by atoms with Crippen LogP contribution >= 0.6 is 0 Å². The van der Waals surface area contributed by atoms with Gasteiger partial charge in [0.1, 0.15) is 0 Å². The lowest BCUT2D eigenvalue weighted by Crippen LogP contribution is -2.50. The minimum Gasteiger partial charge on any atom is -0.338 e. The Morgan fingerprint density at radius 3 is 2.50 bits per heavy atom.